The van der Waals surface area contributed by atoms with Crippen LogP contribution in [0, 0.1) is 6.92 Å². The van der Waals surface area contributed by atoms with E-state index in [4.69, 9.17) is 0 Å². The molecule has 0 amide bonds. The third kappa shape index (κ3) is 1.74. The number of hydrogen-bond donors (Lipinski definition) is 0. The van der Waals surface area contributed by atoms with Crippen molar-refractivity contribution in [3.8, 4) is 0 Å². The average molecular weight is 257 g/mol. The molecule has 0 radical (unpaired) electrons. The van der Waals surface area contributed by atoms with Gasteiger partial charge in [-0.3, -0.25) is 4.68 Å². The molecule has 1 heterocycles. The lowest BCUT2D eigenvalue weighted by Gasteiger charge is -2.22. The summed E-state index contributed by atoms with van der Waals surface area (Å²) in [7, 11) is 2.06. The first-order valence-electron chi connectivity index (χ1n) is 5.39. The second kappa shape index (κ2) is 4.05. The lowest BCUT2D eigenvalue weighted by Crippen LogP contribution is -2.09. The molecule has 1 fully saturated rings. The van der Waals surface area contributed by atoms with Gasteiger partial charge in [-0.1, -0.05) is 19.3 Å². The fourth-order valence-electron chi connectivity index (χ4n) is 2.47. The molecule has 1 aromatic rings. The van der Waals surface area contributed by atoms with E-state index in [-0.39, 0.29) is 0 Å². The van der Waals surface area contributed by atoms with Gasteiger partial charge in [0.1, 0.15) is 0 Å². The molecule has 0 aliphatic heterocycles. The fourth-order valence-corrected chi connectivity index (χ4v) is 3.13. The summed E-state index contributed by atoms with van der Waals surface area (Å²) in [6.45, 7) is 2.07. The van der Waals surface area contributed by atoms with Crippen molar-refractivity contribution in [1.82, 2.24) is 9.78 Å². The highest BCUT2D eigenvalue weighted by molar-refractivity contribution is 9.10. The van der Waals surface area contributed by atoms with Crippen LogP contribution in [0.1, 0.15) is 49.4 Å². The first-order valence-corrected chi connectivity index (χ1v) is 6.18. The van der Waals surface area contributed by atoms with Crippen molar-refractivity contribution in [2.45, 2.75) is 44.9 Å². The summed E-state index contributed by atoms with van der Waals surface area (Å²) in [4.78, 5) is 0. The van der Waals surface area contributed by atoms with Crippen LogP contribution in [0.15, 0.2) is 4.47 Å². The molecule has 0 N–H and O–H groups in total. The maximum absolute atomic E-state index is 4.46. The summed E-state index contributed by atoms with van der Waals surface area (Å²) < 4.78 is 3.28. The Morgan fingerprint density at radius 3 is 2.43 bits per heavy atom. The zero-order chi connectivity index (χ0) is 10.1. The third-order valence-corrected chi connectivity index (χ3v) is 4.16. The number of hydrogen-bond acceptors (Lipinski definition) is 1. The van der Waals surface area contributed by atoms with Gasteiger partial charge < -0.3 is 0 Å². The Morgan fingerprint density at radius 2 is 1.93 bits per heavy atom. The molecule has 1 aromatic heterocycles. The molecule has 0 unspecified atom stereocenters. The zero-order valence-corrected chi connectivity index (χ0v) is 10.5. The highest BCUT2D eigenvalue weighted by atomic mass is 79.9. The third-order valence-electron chi connectivity index (χ3n) is 3.18. The van der Waals surface area contributed by atoms with E-state index in [1.807, 2.05) is 0 Å². The molecule has 2 rings (SSSR count). The number of aromatic nitrogens is 2. The standard InChI is InChI=1S/C11H17BrN2/c1-8-10(12)11(14(2)13-8)9-6-4-3-5-7-9/h9H,3-7H2,1-2H3. The first-order chi connectivity index (χ1) is 6.70. The van der Waals surface area contributed by atoms with Gasteiger partial charge in [0.25, 0.3) is 0 Å². The average Bonchev–Trinajstić information content (AvgIpc) is 2.43. The van der Waals surface area contributed by atoms with E-state index in [1.165, 1.54) is 42.3 Å². The lowest BCUT2D eigenvalue weighted by atomic mass is 9.87. The largest absolute Gasteiger partial charge is 0.271 e. The molecule has 0 spiro atoms. The van der Waals surface area contributed by atoms with E-state index in [0.717, 1.165) is 11.6 Å². The number of rotatable bonds is 1. The Balaban J connectivity index is 2.29. The maximum atomic E-state index is 4.46. The topological polar surface area (TPSA) is 17.8 Å². The summed E-state index contributed by atoms with van der Waals surface area (Å²) in [5, 5.41) is 4.46. The molecule has 1 aliphatic carbocycles. The highest BCUT2D eigenvalue weighted by Gasteiger charge is 2.22. The summed E-state index contributed by atoms with van der Waals surface area (Å²) in [6.07, 6.45) is 6.82. The number of aryl methyl sites for hydroxylation is 2. The lowest BCUT2D eigenvalue weighted by molar-refractivity contribution is 0.423. The monoisotopic (exact) mass is 256 g/mol. The molecule has 0 bridgehead atoms. The van der Waals surface area contributed by atoms with Crippen molar-refractivity contribution in [1.29, 1.82) is 0 Å². The zero-order valence-electron chi connectivity index (χ0n) is 8.89. The van der Waals surface area contributed by atoms with Crippen molar-refractivity contribution in [3.05, 3.63) is 15.9 Å². The van der Waals surface area contributed by atoms with Gasteiger partial charge in [-0.05, 0) is 35.7 Å². The molecule has 0 atom stereocenters. The molecule has 14 heavy (non-hydrogen) atoms. The van der Waals surface area contributed by atoms with Gasteiger partial charge in [-0.2, -0.15) is 5.10 Å². The second-order valence-electron chi connectivity index (χ2n) is 4.24. The van der Waals surface area contributed by atoms with Crippen LogP contribution in [0.5, 0.6) is 0 Å². The smallest absolute Gasteiger partial charge is 0.0738 e. The predicted octanol–water partition coefficient (Wildman–Crippen LogP) is 3.54. The SMILES string of the molecule is Cc1nn(C)c(C2CCCCC2)c1Br. The molecule has 78 valence electrons. The Labute approximate surface area is 93.8 Å². The quantitative estimate of drug-likeness (QED) is 0.752. The molecular formula is C11H17BrN2. The van der Waals surface area contributed by atoms with E-state index in [9.17, 15) is 0 Å². The molecule has 1 aliphatic rings. The fraction of sp³-hybridized carbons (Fsp3) is 0.727. The van der Waals surface area contributed by atoms with Gasteiger partial charge in [0.2, 0.25) is 0 Å². The van der Waals surface area contributed by atoms with Crippen molar-refractivity contribution < 1.29 is 0 Å². The summed E-state index contributed by atoms with van der Waals surface area (Å²) in [5.41, 5.74) is 2.52. The first kappa shape index (κ1) is 10.2. The summed E-state index contributed by atoms with van der Waals surface area (Å²) >= 11 is 3.65. The molecule has 0 aromatic carbocycles. The minimum Gasteiger partial charge on any atom is -0.271 e. The highest BCUT2D eigenvalue weighted by Crippen LogP contribution is 2.37. The van der Waals surface area contributed by atoms with E-state index in [0.29, 0.717) is 0 Å². The summed E-state index contributed by atoms with van der Waals surface area (Å²) in [5.74, 6) is 0.726. The van der Waals surface area contributed by atoms with Crippen LogP contribution in [-0.4, -0.2) is 9.78 Å². The number of nitrogens with zero attached hydrogens (tertiary/aromatic N) is 2. The Hall–Kier alpha value is -0.310. The van der Waals surface area contributed by atoms with Crippen LogP contribution in [-0.2, 0) is 7.05 Å². The van der Waals surface area contributed by atoms with Crippen LogP contribution in [0.4, 0.5) is 0 Å². The van der Waals surface area contributed by atoms with E-state index < -0.39 is 0 Å². The minimum absolute atomic E-state index is 0.726. The normalized spacial score (nSPS) is 18.8. The Kier molecular flexibility index (Phi) is 2.96. The predicted molar refractivity (Wildman–Crippen MR) is 61.5 cm³/mol. The van der Waals surface area contributed by atoms with Crippen molar-refractivity contribution in [3.63, 3.8) is 0 Å². The van der Waals surface area contributed by atoms with Crippen molar-refractivity contribution >= 4 is 15.9 Å². The van der Waals surface area contributed by atoms with Gasteiger partial charge in [0.15, 0.2) is 0 Å². The number of halogens is 1. The van der Waals surface area contributed by atoms with Gasteiger partial charge in [-0.15, -0.1) is 0 Å². The van der Waals surface area contributed by atoms with E-state index in [2.05, 4.69) is 39.7 Å². The Bertz CT molecular complexity index is 324. The van der Waals surface area contributed by atoms with Crippen LogP contribution in [0.2, 0.25) is 0 Å². The van der Waals surface area contributed by atoms with E-state index in [1.54, 1.807) is 0 Å². The van der Waals surface area contributed by atoms with Crippen molar-refractivity contribution in [2.75, 3.05) is 0 Å². The van der Waals surface area contributed by atoms with Crippen LogP contribution >= 0.6 is 15.9 Å². The van der Waals surface area contributed by atoms with Crippen LogP contribution < -0.4 is 0 Å². The van der Waals surface area contributed by atoms with Gasteiger partial charge in [-0.25, -0.2) is 0 Å². The maximum Gasteiger partial charge on any atom is 0.0738 e. The van der Waals surface area contributed by atoms with Gasteiger partial charge >= 0.3 is 0 Å². The van der Waals surface area contributed by atoms with Gasteiger partial charge in [0, 0.05) is 13.0 Å². The van der Waals surface area contributed by atoms with Crippen molar-refractivity contribution in [2.24, 2.45) is 7.05 Å². The molecule has 1 saturated carbocycles. The minimum atomic E-state index is 0.726. The molecule has 3 heteroatoms. The van der Waals surface area contributed by atoms with E-state index >= 15 is 0 Å². The molecule has 2 nitrogen and oxygen atoms in total. The van der Waals surface area contributed by atoms with Gasteiger partial charge in [0.05, 0.1) is 15.9 Å². The summed E-state index contributed by atoms with van der Waals surface area (Å²) in [6, 6.07) is 0. The Morgan fingerprint density at radius 1 is 1.29 bits per heavy atom. The second-order valence-corrected chi connectivity index (χ2v) is 5.04. The molecular weight excluding hydrogens is 240 g/mol. The van der Waals surface area contributed by atoms with Crippen LogP contribution in [0.25, 0.3) is 0 Å². The molecule has 0 saturated heterocycles. The van der Waals surface area contributed by atoms with Crippen LogP contribution in [0.3, 0.4) is 0 Å².